The van der Waals surface area contributed by atoms with E-state index in [0.29, 0.717) is 31.2 Å². The molecular formula is C24H27NO4. The molecule has 1 aliphatic heterocycles. The van der Waals surface area contributed by atoms with Gasteiger partial charge in [-0.1, -0.05) is 31.4 Å². The van der Waals surface area contributed by atoms with Gasteiger partial charge in [-0.15, -0.1) is 0 Å². The number of amides is 1. The summed E-state index contributed by atoms with van der Waals surface area (Å²) < 4.78 is 5.78. The van der Waals surface area contributed by atoms with E-state index < -0.39 is 5.97 Å². The molecule has 1 amide bonds. The number of anilines is 1. The Morgan fingerprint density at radius 2 is 1.69 bits per heavy atom. The molecule has 29 heavy (non-hydrogen) atoms. The normalized spacial score (nSPS) is 20.1. The fourth-order valence-corrected chi connectivity index (χ4v) is 4.41. The lowest BCUT2D eigenvalue weighted by Gasteiger charge is -2.23. The van der Waals surface area contributed by atoms with E-state index in [4.69, 9.17) is 9.84 Å². The second-order valence-corrected chi connectivity index (χ2v) is 8.14. The second kappa shape index (κ2) is 8.68. The Morgan fingerprint density at radius 3 is 2.34 bits per heavy atom. The van der Waals surface area contributed by atoms with Gasteiger partial charge in [0.1, 0.15) is 5.75 Å². The second-order valence-electron chi connectivity index (χ2n) is 8.14. The first kappa shape index (κ1) is 19.5. The summed E-state index contributed by atoms with van der Waals surface area (Å²) in [6.45, 7) is 1.09. The number of hydrogen-bond acceptors (Lipinski definition) is 3. The number of carbonyl (C=O) groups excluding carboxylic acids is 1. The molecule has 1 heterocycles. The topological polar surface area (TPSA) is 66.8 Å². The zero-order chi connectivity index (χ0) is 20.2. The number of hydrogen-bond donors (Lipinski definition) is 1. The molecule has 1 atom stereocenters. The maximum Gasteiger partial charge on any atom is 0.335 e. The van der Waals surface area contributed by atoms with Crippen molar-refractivity contribution < 1.29 is 19.4 Å². The Kier molecular flexibility index (Phi) is 5.84. The van der Waals surface area contributed by atoms with Crippen LogP contribution in [0, 0.1) is 5.92 Å². The van der Waals surface area contributed by atoms with Gasteiger partial charge in [-0.3, -0.25) is 4.79 Å². The first-order valence-electron chi connectivity index (χ1n) is 10.5. The van der Waals surface area contributed by atoms with Crippen molar-refractivity contribution >= 4 is 17.6 Å². The number of carboxylic acids is 1. The highest BCUT2D eigenvalue weighted by atomic mass is 16.5. The third kappa shape index (κ3) is 4.61. The molecule has 5 nitrogen and oxygen atoms in total. The Morgan fingerprint density at radius 1 is 1.00 bits per heavy atom. The molecule has 0 aromatic heterocycles. The first-order chi connectivity index (χ1) is 14.1. The van der Waals surface area contributed by atoms with Gasteiger partial charge in [0.2, 0.25) is 5.91 Å². The zero-order valence-electron chi connectivity index (χ0n) is 16.5. The SMILES string of the molecule is O=C(O)c1ccc(OCC2CC(=O)N(c3ccc(C4CCCCC4)cc3)C2)cc1. The van der Waals surface area contributed by atoms with Crippen LogP contribution >= 0.6 is 0 Å². The molecule has 1 aliphatic carbocycles. The van der Waals surface area contributed by atoms with Crippen LogP contribution in [0.5, 0.6) is 5.75 Å². The lowest BCUT2D eigenvalue weighted by molar-refractivity contribution is -0.117. The highest BCUT2D eigenvalue weighted by Gasteiger charge is 2.31. The average Bonchev–Trinajstić information content (AvgIpc) is 3.14. The lowest BCUT2D eigenvalue weighted by Crippen LogP contribution is -2.25. The molecule has 1 saturated heterocycles. The van der Waals surface area contributed by atoms with Gasteiger partial charge in [-0.05, 0) is 60.7 Å². The molecular weight excluding hydrogens is 366 g/mol. The van der Waals surface area contributed by atoms with Crippen LogP contribution in [0.2, 0.25) is 0 Å². The molecule has 152 valence electrons. The van der Waals surface area contributed by atoms with Gasteiger partial charge in [-0.2, -0.15) is 0 Å². The number of ether oxygens (including phenoxy) is 1. The fourth-order valence-electron chi connectivity index (χ4n) is 4.41. The fraction of sp³-hybridized carbons (Fsp3) is 0.417. The van der Waals surface area contributed by atoms with Crippen LogP contribution in [-0.4, -0.2) is 30.1 Å². The van der Waals surface area contributed by atoms with Crippen molar-refractivity contribution in [3.05, 3.63) is 59.7 Å². The van der Waals surface area contributed by atoms with E-state index in [1.54, 1.807) is 12.1 Å². The molecule has 2 aliphatic rings. The number of carbonyl (C=O) groups is 2. The summed E-state index contributed by atoms with van der Waals surface area (Å²) in [7, 11) is 0. The number of carboxylic acid groups (broad SMARTS) is 1. The number of rotatable bonds is 6. The molecule has 2 fully saturated rings. The minimum absolute atomic E-state index is 0.125. The van der Waals surface area contributed by atoms with Crippen LogP contribution < -0.4 is 9.64 Å². The maximum atomic E-state index is 12.5. The van der Waals surface area contributed by atoms with Crippen molar-refractivity contribution in [2.24, 2.45) is 5.92 Å². The average molecular weight is 393 g/mol. The number of aromatic carboxylic acids is 1. The highest BCUT2D eigenvalue weighted by molar-refractivity contribution is 5.95. The summed E-state index contributed by atoms with van der Waals surface area (Å²) in [5.41, 5.74) is 2.59. The molecule has 1 unspecified atom stereocenters. The number of benzene rings is 2. The molecule has 4 rings (SSSR count). The van der Waals surface area contributed by atoms with Crippen molar-refractivity contribution in [1.29, 1.82) is 0 Å². The zero-order valence-corrected chi connectivity index (χ0v) is 16.5. The first-order valence-corrected chi connectivity index (χ1v) is 10.5. The van der Waals surface area contributed by atoms with E-state index in [0.717, 1.165) is 5.69 Å². The largest absolute Gasteiger partial charge is 0.493 e. The van der Waals surface area contributed by atoms with Crippen LogP contribution in [0.25, 0.3) is 0 Å². The van der Waals surface area contributed by atoms with E-state index in [1.165, 1.54) is 49.8 Å². The van der Waals surface area contributed by atoms with Crippen LogP contribution in [-0.2, 0) is 4.79 Å². The van der Waals surface area contributed by atoms with Crippen molar-refractivity contribution in [3.63, 3.8) is 0 Å². The summed E-state index contributed by atoms with van der Waals surface area (Å²) in [4.78, 5) is 25.3. The lowest BCUT2D eigenvalue weighted by atomic mass is 9.84. The molecule has 1 saturated carbocycles. The predicted octanol–water partition coefficient (Wildman–Crippen LogP) is 4.86. The van der Waals surface area contributed by atoms with Crippen LogP contribution in [0.15, 0.2) is 48.5 Å². The molecule has 0 bridgehead atoms. The smallest absolute Gasteiger partial charge is 0.335 e. The van der Waals surface area contributed by atoms with Gasteiger partial charge < -0.3 is 14.7 Å². The minimum Gasteiger partial charge on any atom is -0.493 e. The quantitative estimate of drug-likeness (QED) is 0.761. The van der Waals surface area contributed by atoms with E-state index in [2.05, 4.69) is 24.3 Å². The van der Waals surface area contributed by atoms with Gasteiger partial charge in [0, 0.05) is 24.6 Å². The Hall–Kier alpha value is -2.82. The summed E-state index contributed by atoms with van der Waals surface area (Å²) in [5.74, 6) is 0.589. The van der Waals surface area contributed by atoms with Gasteiger partial charge in [0.25, 0.3) is 0 Å². The van der Waals surface area contributed by atoms with Crippen molar-refractivity contribution in [3.8, 4) is 5.75 Å². The van der Waals surface area contributed by atoms with Crippen LogP contribution in [0.1, 0.15) is 60.4 Å². The molecule has 1 N–H and O–H groups in total. The van der Waals surface area contributed by atoms with Crippen molar-refractivity contribution in [2.45, 2.75) is 44.4 Å². The Bertz CT molecular complexity index is 853. The molecule has 0 radical (unpaired) electrons. The monoisotopic (exact) mass is 393 g/mol. The summed E-state index contributed by atoms with van der Waals surface area (Å²) in [6, 6.07) is 14.9. The molecule has 0 spiro atoms. The van der Waals surface area contributed by atoms with E-state index in [-0.39, 0.29) is 17.4 Å². The minimum atomic E-state index is -0.955. The number of nitrogens with zero attached hydrogens (tertiary/aromatic N) is 1. The van der Waals surface area contributed by atoms with E-state index >= 15 is 0 Å². The summed E-state index contributed by atoms with van der Waals surface area (Å²) in [6.07, 6.45) is 7.00. The van der Waals surface area contributed by atoms with Gasteiger partial charge >= 0.3 is 5.97 Å². The van der Waals surface area contributed by atoms with Crippen molar-refractivity contribution in [2.75, 3.05) is 18.1 Å². The predicted molar refractivity (Wildman–Crippen MR) is 112 cm³/mol. The van der Waals surface area contributed by atoms with E-state index in [9.17, 15) is 9.59 Å². The Balaban J connectivity index is 1.33. The van der Waals surface area contributed by atoms with Crippen LogP contribution in [0.4, 0.5) is 5.69 Å². The van der Waals surface area contributed by atoms with Gasteiger partial charge in [0.05, 0.1) is 12.2 Å². The summed E-state index contributed by atoms with van der Waals surface area (Å²) in [5, 5.41) is 8.95. The molecule has 2 aromatic rings. The highest BCUT2D eigenvalue weighted by Crippen LogP contribution is 2.34. The standard InChI is InChI=1S/C24H27NO4/c26-23-14-17(16-29-22-12-8-20(9-13-22)24(27)28)15-25(23)21-10-6-19(7-11-21)18-4-2-1-3-5-18/h6-13,17-18H,1-5,14-16H2,(H,27,28). The van der Waals surface area contributed by atoms with Crippen LogP contribution in [0.3, 0.4) is 0 Å². The van der Waals surface area contributed by atoms with E-state index in [1.807, 2.05) is 4.90 Å². The maximum absolute atomic E-state index is 12.5. The summed E-state index contributed by atoms with van der Waals surface area (Å²) >= 11 is 0. The van der Waals surface area contributed by atoms with Gasteiger partial charge in [0.15, 0.2) is 0 Å². The molecule has 5 heteroatoms. The Labute approximate surface area is 171 Å². The third-order valence-corrected chi connectivity index (χ3v) is 6.07. The molecule has 2 aromatic carbocycles. The third-order valence-electron chi connectivity index (χ3n) is 6.07. The van der Waals surface area contributed by atoms with Crippen molar-refractivity contribution in [1.82, 2.24) is 0 Å². The van der Waals surface area contributed by atoms with Gasteiger partial charge in [-0.25, -0.2) is 4.79 Å².